The van der Waals surface area contributed by atoms with E-state index in [2.05, 4.69) is 41.6 Å². The highest BCUT2D eigenvalue weighted by atomic mass is 127. The molecule has 104 valence electrons. The van der Waals surface area contributed by atoms with Gasteiger partial charge in [-0.3, -0.25) is 4.99 Å². The molecule has 5 heteroatoms. The third-order valence-corrected chi connectivity index (χ3v) is 3.77. The van der Waals surface area contributed by atoms with E-state index in [0.29, 0.717) is 0 Å². The minimum Gasteiger partial charge on any atom is -0.356 e. The first-order chi connectivity index (χ1) is 8.30. The van der Waals surface area contributed by atoms with Gasteiger partial charge < -0.3 is 10.6 Å². The molecule has 0 aliphatic carbocycles. The summed E-state index contributed by atoms with van der Waals surface area (Å²) < 4.78 is 0. The Balaban J connectivity index is 0.00000289. The molecule has 0 aromatic carbocycles. The minimum absolute atomic E-state index is 0. The number of aryl methyl sites for hydroxylation is 1. The standard InChI is InChI=1S/C13H23N3S.HI/c1-4-6-9-15-13(14-3)16-10-12-8-7-11(5-2)17-12;/h7-8H,4-6,9-10H2,1-3H3,(H2,14,15,16);1H. The average Bonchev–Trinajstić information content (AvgIpc) is 2.81. The summed E-state index contributed by atoms with van der Waals surface area (Å²) in [6.45, 7) is 6.22. The maximum Gasteiger partial charge on any atom is 0.191 e. The van der Waals surface area contributed by atoms with Gasteiger partial charge in [0.05, 0.1) is 6.54 Å². The molecule has 0 radical (unpaired) electrons. The number of aliphatic imine (C=N–C) groups is 1. The molecule has 0 unspecified atom stereocenters. The summed E-state index contributed by atoms with van der Waals surface area (Å²) in [5, 5.41) is 6.64. The molecule has 0 aliphatic rings. The SMILES string of the molecule is CCCCNC(=NC)NCc1ccc(CC)s1.I. The molecule has 2 N–H and O–H groups in total. The van der Waals surface area contributed by atoms with Crippen molar-refractivity contribution in [2.45, 2.75) is 39.7 Å². The Bertz CT molecular complexity index is 350. The van der Waals surface area contributed by atoms with Crippen molar-refractivity contribution in [1.29, 1.82) is 0 Å². The maximum absolute atomic E-state index is 4.20. The van der Waals surface area contributed by atoms with Gasteiger partial charge in [0.1, 0.15) is 0 Å². The molecule has 0 saturated carbocycles. The van der Waals surface area contributed by atoms with Crippen LogP contribution in [0.1, 0.15) is 36.4 Å². The van der Waals surface area contributed by atoms with Gasteiger partial charge in [0.25, 0.3) is 0 Å². The molecule has 18 heavy (non-hydrogen) atoms. The third-order valence-electron chi connectivity index (χ3n) is 2.54. The molecule has 0 spiro atoms. The van der Waals surface area contributed by atoms with Crippen molar-refractivity contribution >= 4 is 41.3 Å². The van der Waals surface area contributed by atoms with Crippen LogP contribution >= 0.6 is 35.3 Å². The zero-order valence-corrected chi connectivity index (χ0v) is 14.6. The highest BCUT2D eigenvalue weighted by molar-refractivity contribution is 14.0. The number of guanidine groups is 1. The van der Waals surface area contributed by atoms with Gasteiger partial charge in [-0.2, -0.15) is 0 Å². The van der Waals surface area contributed by atoms with Crippen molar-refractivity contribution in [3.05, 3.63) is 21.9 Å². The van der Waals surface area contributed by atoms with Crippen LogP contribution < -0.4 is 10.6 Å². The van der Waals surface area contributed by atoms with Crippen LogP contribution in [0.3, 0.4) is 0 Å². The predicted molar refractivity (Wildman–Crippen MR) is 92.2 cm³/mol. The van der Waals surface area contributed by atoms with E-state index in [4.69, 9.17) is 0 Å². The summed E-state index contributed by atoms with van der Waals surface area (Å²) in [7, 11) is 1.81. The van der Waals surface area contributed by atoms with Crippen LogP contribution in [0.15, 0.2) is 17.1 Å². The van der Waals surface area contributed by atoms with Gasteiger partial charge >= 0.3 is 0 Å². The van der Waals surface area contributed by atoms with Gasteiger partial charge in [-0.25, -0.2) is 0 Å². The Kier molecular flexibility index (Phi) is 10.4. The normalized spacial score (nSPS) is 10.9. The fourth-order valence-corrected chi connectivity index (χ4v) is 2.38. The number of nitrogens with one attached hydrogen (secondary N) is 2. The molecular formula is C13H24IN3S. The van der Waals surface area contributed by atoms with E-state index < -0.39 is 0 Å². The van der Waals surface area contributed by atoms with E-state index in [1.165, 1.54) is 22.6 Å². The van der Waals surface area contributed by atoms with Crippen LogP contribution in [0.5, 0.6) is 0 Å². The van der Waals surface area contributed by atoms with Crippen LogP contribution in [0.2, 0.25) is 0 Å². The summed E-state index contributed by atoms with van der Waals surface area (Å²) in [6, 6.07) is 4.39. The summed E-state index contributed by atoms with van der Waals surface area (Å²) >= 11 is 1.87. The van der Waals surface area contributed by atoms with Crippen molar-refractivity contribution in [3.8, 4) is 0 Å². The Morgan fingerprint density at radius 3 is 2.50 bits per heavy atom. The van der Waals surface area contributed by atoms with Gasteiger partial charge in [-0.15, -0.1) is 35.3 Å². The molecule has 1 rings (SSSR count). The number of hydrogen-bond donors (Lipinski definition) is 2. The van der Waals surface area contributed by atoms with E-state index in [-0.39, 0.29) is 24.0 Å². The second kappa shape index (κ2) is 10.6. The van der Waals surface area contributed by atoms with Gasteiger partial charge in [-0.05, 0) is 25.0 Å². The highest BCUT2D eigenvalue weighted by Crippen LogP contribution is 2.16. The van der Waals surface area contributed by atoms with E-state index in [9.17, 15) is 0 Å². The van der Waals surface area contributed by atoms with Crippen molar-refractivity contribution in [2.75, 3.05) is 13.6 Å². The van der Waals surface area contributed by atoms with Crippen LogP contribution in [0.25, 0.3) is 0 Å². The first kappa shape index (κ1) is 17.7. The first-order valence-electron chi connectivity index (χ1n) is 6.32. The lowest BCUT2D eigenvalue weighted by atomic mass is 10.3. The smallest absolute Gasteiger partial charge is 0.191 e. The van der Waals surface area contributed by atoms with Crippen molar-refractivity contribution in [3.63, 3.8) is 0 Å². The summed E-state index contributed by atoms with van der Waals surface area (Å²) in [6.07, 6.45) is 3.50. The van der Waals surface area contributed by atoms with Gasteiger partial charge in [0.2, 0.25) is 0 Å². The molecule has 0 aliphatic heterocycles. The number of thiophene rings is 1. The van der Waals surface area contributed by atoms with Gasteiger partial charge in [0.15, 0.2) is 5.96 Å². The van der Waals surface area contributed by atoms with Crippen LogP contribution in [0.4, 0.5) is 0 Å². The van der Waals surface area contributed by atoms with E-state index >= 15 is 0 Å². The van der Waals surface area contributed by atoms with Crippen molar-refractivity contribution < 1.29 is 0 Å². The molecule has 0 amide bonds. The second-order valence-electron chi connectivity index (χ2n) is 3.93. The molecule has 0 fully saturated rings. The van der Waals surface area contributed by atoms with Crippen LogP contribution in [0, 0.1) is 0 Å². The minimum atomic E-state index is 0. The number of hydrogen-bond acceptors (Lipinski definition) is 2. The number of halogens is 1. The topological polar surface area (TPSA) is 36.4 Å². The monoisotopic (exact) mass is 381 g/mol. The van der Waals surface area contributed by atoms with Crippen LogP contribution in [-0.4, -0.2) is 19.6 Å². The zero-order valence-electron chi connectivity index (χ0n) is 11.5. The summed E-state index contributed by atoms with van der Waals surface area (Å²) in [4.78, 5) is 7.00. The maximum atomic E-state index is 4.20. The lowest BCUT2D eigenvalue weighted by molar-refractivity contribution is 0.730. The number of nitrogens with zero attached hydrogens (tertiary/aromatic N) is 1. The summed E-state index contributed by atoms with van der Waals surface area (Å²) in [5.41, 5.74) is 0. The Morgan fingerprint density at radius 2 is 1.94 bits per heavy atom. The molecule has 0 atom stereocenters. The molecule has 1 aromatic rings. The Hall–Kier alpha value is -0.300. The predicted octanol–water partition coefficient (Wildman–Crippen LogP) is 3.39. The zero-order chi connectivity index (χ0) is 12.5. The molecule has 0 bridgehead atoms. The molecule has 1 heterocycles. The quantitative estimate of drug-likeness (QED) is 0.343. The van der Waals surface area contributed by atoms with Gasteiger partial charge in [-0.1, -0.05) is 20.3 Å². The highest BCUT2D eigenvalue weighted by Gasteiger charge is 2.00. The van der Waals surface area contributed by atoms with E-state index in [0.717, 1.165) is 25.5 Å². The van der Waals surface area contributed by atoms with E-state index in [1.54, 1.807) is 0 Å². The molecule has 1 aromatic heterocycles. The van der Waals surface area contributed by atoms with Crippen molar-refractivity contribution in [2.24, 2.45) is 4.99 Å². The largest absolute Gasteiger partial charge is 0.356 e. The van der Waals surface area contributed by atoms with Gasteiger partial charge in [0, 0.05) is 23.3 Å². The van der Waals surface area contributed by atoms with Crippen LogP contribution in [-0.2, 0) is 13.0 Å². The average molecular weight is 381 g/mol. The Morgan fingerprint density at radius 1 is 1.22 bits per heavy atom. The molecule has 0 saturated heterocycles. The first-order valence-corrected chi connectivity index (χ1v) is 7.13. The lowest BCUT2D eigenvalue weighted by Gasteiger charge is -2.10. The summed E-state index contributed by atoms with van der Waals surface area (Å²) in [5.74, 6) is 0.893. The second-order valence-corrected chi connectivity index (χ2v) is 5.18. The third kappa shape index (κ3) is 6.58. The van der Waals surface area contributed by atoms with Crippen molar-refractivity contribution in [1.82, 2.24) is 10.6 Å². The number of unbranched alkanes of at least 4 members (excludes halogenated alkanes) is 1. The molecule has 3 nitrogen and oxygen atoms in total. The van der Waals surface area contributed by atoms with E-state index in [1.807, 2.05) is 18.4 Å². The number of rotatable bonds is 6. The fourth-order valence-electron chi connectivity index (χ4n) is 1.48. The Labute approximate surface area is 131 Å². The fraction of sp³-hybridized carbons (Fsp3) is 0.615. The molecular weight excluding hydrogens is 357 g/mol. The lowest BCUT2D eigenvalue weighted by Crippen LogP contribution is -2.37.